The number of aromatic nitrogens is 2. The van der Waals surface area contributed by atoms with Crippen LogP contribution in [0.5, 0.6) is 0 Å². The van der Waals surface area contributed by atoms with E-state index in [0.717, 1.165) is 0 Å². The van der Waals surface area contributed by atoms with E-state index in [1.807, 2.05) is 33.9 Å². The van der Waals surface area contributed by atoms with Crippen LogP contribution in [-0.4, -0.2) is 54.7 Å². The number of carbonyl (C=O) groups is 2. The molecule has 0 aromatic carbocycles. The van der Waals surface area contributed by atoms with Crippen LogP contribution in [0.15, 0.2) is 21.9 Å². The fraction of sp³-hybridized carbons (Fsp3) is 0.684. The van der Waals surface area contributed by atoms with Crippen LogP contribution in [0.3, 0.4) is 0 Å². The van der Waals surface area contributed by atoms with Crippen LogP contribution in [0.25, 0.3) is 0 Å². The van der Waals surface area contributed by atoms with Crippen molar-refractivity contribution in [2.24, 2.45) is 0 Å². The quantitative estimate of drug-likeness (QED) is 0.516. The molecule has 1 aliphatic heterocycles. The van der Waals surface area contributed by atoms with Gasteiger partial charge in [-0.1, -0.05) is 20.8 Å². The maximum atomic E-state index is 12.4. The molecule has 1 aromatic heterocycles. The summed E-state index contributed by atoms with van der Waals surface area (Å²) in [5.74, 6) is -1.08. The summed E-state index contributed by atoms with van der Waals surface area (Å²) >= 11 is 0. The van der Waals surface area contributed by atoms with E-state index in [2.05, 4.69) is 4.98 Å². The molecule has 2 rings (SSSR count). The van der Waals surface area contributed by atoms with Crippen LogP contribution in [0.1, 0.15) is 40.8 Å². The number of esters is 2. The first-order chi connectivity index (χ1) is 13.7. The number of aromatic amines is 1. The van der Waals surface area contributed by atoms with Gasteiger partial charge < -0.3 is 18.6 Å². The van der Waals surface area contributed by atoms with E-state index in [0.29, 0.717) is 0 Å². The third-order valence-electron chi connectivity index (χ3n) is 5.40. The Hall–Kier alpha value is -2.24. The average Bonchev–Trinajstić information content (AvgIpc) is 2.88. The predicted octanol–water partition coefficient (Wildman–Crippen LogP) is 1.32. The molecular formula is C19H30N2O8Si. The van der Waals surface area contributed by atoms with Gasteiger partial charge in [0, 0.05) is 26.1 Å². The number of rotatable bonds is 6. The maximum absolute atomic E-state index is 12.4. The maximum Gasteiger partial charge on any atom is 0.330 e. The molecule has 1 fully saturated rings. The van der Waals surface area contributed by atoms with Crippen LogP contribution in [-0.2, 0) is 28.2 Å². The van der Waals surface area contributed by atoms with E-state index in [4.69, 9.17) is 18.6 Å². The smallest absolute Gasteiger partial charge is 0.330 e. The first-order valence-electron chi connectivity index (χ1n) is 9.68. The Morgan fingerprint density at radius 1 is 1.17 bits per heavy atom. The average molecular weight is 443 g/mol. The molecule has 0 aliphatic carbocycles. The van der Waals surface area contributed by atoms with Crippen molar-refractivity contribution in [1.29, 1.82) is 0 Å². The van der Waals surface area contributed by atoms with Crippen LogP contribution in [0.2, 0.25) is 18.1 Å². The van der Waals surface area contributed by atoms with Crippen LogP contribution in [0.4, 0.5) is 0 Å². The van der Waals surface area contributed by atoms with Crippen molar-refractivity contribution in [3.8, 4) is 0 Å². The number of hydrogen-bond acceptors (Lipinski definition) is 8. The van der Waals surface area contributed by atoms with E-state index in [1.54, 1.807) is 0 Å². The van der Waals surface area contributed by atoms with Gasteiger partial charge in [0.25, 0.3) is 5.56 Å². The molecule has 0 bridgehead atoms. The van der Waals surface area contributed by atoms with Crippen molar-refractivity contribution < 1.29 is 28.2 Å². The predicted molar refractivity (Wildman–Crippen MR) is 109 cm³/mol. The van der Waals surface area contributed by atoms with E-state index < -0.39 is 56.0 Å². The second kappa shape index (κ2) is 8.86. The zero-order valence-electron chi connectivity index (χ0n) is 18.4. The molecule has 4 atom stereocenters. The molecule has 0 amide bonds. The van der Waals surface area contributed by atoms with E-state index in [9.17, 15) is 19.2 Å². The summed E-state index contributed by atoms with van der Waals surface area (Å²) in [4.78, 5) is 49.2. The Kier molecular flexibility index (Phi) is 7.10. The summed E-state index contributed by atoms with van der Waals surface area (Å²) in [6, 6.07) is 1.19. The summed E-state index contributed by atoms with van der Waals surface area (Å²) in [7, 11) is -2.41. The zero-order chi connectivity index (χ0) is 22.9. The number of H-pyrrole nitrogens is 1. The van der Waals surface area contributed by atoms with Gasteiger partial charge in [-0.15, -0.1) is 0 Å². The summed E-state index contributed by atoms with van der Waals surface area (Å²) in [6.07, 6.45) is -2.31. The van der Waals surface area contributed by atoms with Gasteiger partial charge in [-0.25, -0.2) is 4.79 Å². The highest BCUT2D eigenvalue weighted by atomic mass is 28.4. The molecule has 1 saturated heterocycles. The molecule has 11 heteroatoms. The topological polar surface area (TPSA) is 126 Å². The number of ether oxygens (including phenoxy) is 3. The highest BCUT2D eigenvalue weighted by Crippen LogP contribution is 2.42. The molecule has 2 unspecified atom stereocenters. The minimum atomic E-state index is -2.41. The third kappa shape index (κ3) is 5.46. The van der Waals surface area contributed by atoms with Gasteiger partial charge in [0.2, 0.25) is 0 Å². The Bertz CT molecular complexity index is 901. The first-order valence-corrected chi connectivity index (χ1v) is 12.6. The van der Waals surface area contributed by atoms with Crippen LogP contribution in [0, 0.1) is 0 Å². The lowest BCUT2D eigenvalue weighted by Crippen LogP contribution is -2.50. The first kappa shape index (κ1) is 24.0. The Morgan fingerprint density at radius 2 is 1.80 bits per heavy atom. The van der Waals surface area contributed by atoms with Gasteiger partial charge in [-0.05, 0) is 18.1 Å². The van der Waals surface area contributed by atoms with E-state index in [1.165, 1.54) is 30.7 Å². The Morgan fingerprint density at radius 3 is 2.30 bits per heavy atom. The van der Waals surface area contributed by atoms with Crippen molar-refractivity contribution in [2.45, 2.75) is 77.3 Å². The van der Waals surface area contributed by atoms with Gasteiger partial charge in [0.15, 0.2) is 20.6 Å². The van der Waals surface area contributed by atoms with Crippen molar-refractivity contribution in [3.05, 3.63) is 33.1 Å². The highest BCUT2D eigenvalue weighted by molar-refractivity contribution is 6.74. The largest absolute Gasteiger partial charge is 0.463 e. The number of nitrogens with one attached hydrogen (secondary N) is 1. The lowest BCUT2D eigenvalue weighted by Gasteiger charge is -2.40. The second-order valence-electron chi connectivity index (χ2n) is 8.80. The van der Waals surface area contributed by atoms with Gasteiger partial charge in [0.1, 0.15) is 18.8 Å². The molecule has 168 valence electrons. The summed E-state index contributed by atoms with van der Waals surface area (Å²) < 4.78 is 24.3. The second-order valence-corrected chi connectivity index (χ2v) is 13.6. The zero-order valence-corrected chi connectivity index (χ0v) is 19.4. The summed E-state index contributed by atoms with van der Waals surface area (Å²) in [6.45, 7) is 12.5. The molecule has 1 aliphatic rings. The molecule has 0 saturated carbocycles. The number of nitrogens with zero attached hydrogens (tertiary/aromatic N) is 1. The fourth-order valence-corrected chi connectivity index (χ4v) is 4.15. The normalized spacial score (nSPS) is 24.5. The number of carbonyl (C=O) groups excluding carboxylic acids is 2. The van der Waals surface area contributed by atoms with Gasteiger partial charge in [-0.2, -0.15) is 0 Å². The molecular weight excluding hydrogens is 412 g/mol. The van der Waals surface area contributed by atoms with Crippen molar-refractivity contribution >= 4 is 20.3 Å². The monoisotopic (exact) mass is 442 g/mol. The van der Waals surface area contributed by atoms with Crippen molar-refractivity contribution in [1.82, 2.24) is 9.55 Å². The van der Waals surface area contributed by atoms with Crippen molar-refractivity contribution in [2.75, 3.05) is 6.61 Å². The molecule has 0 radical (unpaired) electrons. The van der Waals surface area contributed by atoms with E-state index >= 15 is 0 Å². The molecule has 0 spiro atoms. The summed E-state index contributed by atoms with van der Waals surface area (Å²) in [5, 5.41) is -0.178. The lowest BCUT2D eigenvalue weighted by molar-refractivity contribution is -0.157. The molecule has 2 heterocycles. The Balaban J connectivity index is 2.52. The molecule has 1 N–H and O–H groups in total. The standard InChI is InChI=1S/C19H30N2O8Si/c1-11(22)26-10-13-15(27-12(2)23)16(29-30(6,7)19(3,4)5)17(28-13)21-9-8-14(24)20-18(21)25/h8-9,13,15-17H,10H2,1-7H3,(H,20,24,25)/t13-,15?,16?,17-/m0/s1. The van der Waals surface area contributed by atoms with Crippen LogP contribution >= 0.6 is 0 Å². The van der Waals surface area contributed by atoms with E-state index in [-0.39, 0.29) is 11.6 Å². The van der Waals surface area contributed by atoms with Gasteiger partial charge in [0.05, 0.1) is 0 Å². The number of hydrogen-bond donors (Lipinski definition) is 1. The minimum Gasteiger partial charge on any atom is -0.463 e. The van der Waals surface area contributed by atoms with Gasteiger partial charge in [-0.3, -0.25) is 23.9 Å². The molecule has 1 aromatic rings. The third-order valence-corrected chi connectivity index (χ3v) is 9.87. The lowest BCUT2D eigenvalue weighted by atomic mass is 10.1. The van der Waals surface area contributed by atoms with Crippen molar-refractivity contribution in [3.63, 3.8) is 0 Å². The summed E-state index contributed by atoms with van der Waals surface area (Å²) in [5.41, 5.74) is -1.24. The molecule has 30 heavy (non-hydrogen) atoms. The molecule has 10 nitrogen and oxygen atoms in total. The fourth-order valence-electron chi connectivity index (χ4n) is 2.87. The highest BCUT2D eigenvalue weighted by Gasteiger charge is 2.53. The Labute approximate surface area is 175 Å². The SMILES string of the molecule is CC(=O)OC[C@@H]1O[C@H](n2ccc(=O)[nH]c2=O)C(O[Si](C)(C)C(C)(C)C)C1OC(C)=O. The van der Waals surface area contributed by atoms with Gasteiger partial charge >= 0.3 is 17.6 Å². The minimum absolute atomic E-state index is 0.178. The van der Waals surface area contributed by atoms with Crippen LogP contribution < -0.4 is 11.2 Å².